The molecule has 0 spiro atoms. The van der Waals surface area contributed by atoms with Crippen molar-refractivity contribution >= 4 is 5.78 Å². The van der Waals surface area contributed by atoms with Crippen LogP contribution in [0.5, 0.6) is 0 Å². The van der Waals surface area contributed by atoms with E-state index in [9.17, 15) is 10.1 Å². The van der Waals surface area contributed by atoms with Gasteiger partial charge >= 0.3 is 0 Å². The highest BCUT2D eigenvalue weighted by molar-refractivity contribution is 6.00. The Morgan fingerprint density at radius 2 is 2.04 bits per heavy atom. The zero-order valence-corrected chi connectivity index (χ0v) is 14.7. The molecular weight excluding hydrogens is 304 g/mol. The van der Waals surface area contributed by atoms with Crippen LogP contribution in [-0.2, 0) is 16.6 Å². The topological polar surface area (TPSA) is 93.9 Å². The van der Waals surface area contributed by atoms with Gasteiger partial charge in [-0.3, -0.25) is 9.48 Å². The molecule has 1 aliphatic heterocycles. The Kier molecular flexibility index (Phi) is 3.56. The number of allylic oxidation sites excluding steroid dienone is 3. The van der Waals surface area contributed by atoms with Crippen molar-refractivity contribution in [2.24, 2.45) is 18.2 Å². The van der Waals surface area contributed by atoms with Gasteiger partial charge in [-0.25, -0.2) is 0 Å². The highest BCUT2D eigenvalue weighted by atomic mass is 16.5. The van der Waals surface area contributed by atoms with Gasteiger partial charge in [0, 0.05) is 36.7 Å². The molecule has 1 unspecified atom stereocenters. The summed E-state index contributed by atoms with van der Waals surface area (Å²) in [5, 5.41) is 14.1. The first-order valence-corrected chi connectivity index (χ1v) is 8.00. The van der Waals surface area contributed by atoms with Crippen LogP contribution in [0.4, 0.5) is 0 Å². The molecule has 0 fully saturated rings. The number of nitrogens with two attached hydrogens (primary N) is 1. The number of ether oxygens (including phenoxy) is 1. The summed E-state index contributed by atoms with van der Waals surface area (Å²) in [7, 11) is 1.85. The zero-order chi connectivity index (χ0) is 17.8. The Labute approximate surface area is 141 Å². The van der Waals surface area contributed by atoms with Crippen LogP contribution in [-0.4, -0.2) is 15.6 Å². The van der Waals surface area contributed by atoms with Gasteiger partial charge < -0.3 is 10.5 Å². The number of nitriles is 1. The predicted molar refractivity (Wildman–Crippen MR) is 88.4 cm³/mol. The molecular formula is C18H22N4O2. The van der Waals surface area contributed by atoms with E-state index in [-0.39, 0.29) is 17.1 Å². The third kappa shape index (κ3) is 2.32. The average Bonchev–Trinajstić information content (AvgIpc) is 2.69. The number of carbonyl (C=O) groups excluding carboxylic acids is 1. The van der Waals surface area contributed by atoms with Gasteiger partial charge in [-0.2, -0.15) is 10.4 Å². The highest BCUT2D eigenvalue weighted by Gasteiger charge is 2.44. The second-order valence-corrected chi connectivity index (χ2v) is 7.41. The third-order valence-corrected chi connectivity index (χ3v) is 4.93. The van der Waals surface area contributed by atoms with Crippen LogP contribution >= 0.6 is 0 Å². The van der Waals surface area contributed by atoms with E-state index in [0.717, 1.165) is 17.0 Å². The van der Waals surface area contributed by atoms with Crippen molar-refractivity contribution in [1.82, 2.24) is 9.78 Å². The van der Waals surface area contributed by atoms with Crippen molar-refractivity contribution in [2.75, 3.05) is 0 Å². The summed E-state index contributed by atoms with van der Waals surface area (Å²) in [6.07, 6.45) is 1.06. The van der Waals surface area contributed by atoms with Crippen molar-refractivity contribution in [1.29, 1.82) is 5.26 Å². The molecule has 0 saturated heterocycles. The van der Waals surface area contributed by atoms with E-state index in [1.165, 1.54) is 0 Å². The van der Waals surface area contributed by atoms with Crippen molar-refractivity contribution in [3.05, 3.63) is 39.7 Å². The van der Waals surface area contributed by atoms with Gasteiger partial charge in [-0.05, 0) is 19.3 Å². The minimum Gasteiger partial charge on any atom is -0.444 e. The summed E-state index contributed by atoms with van der Waals surface area (Å²) >= 11 is 0. The minimum absolute atomic E-state index is 0.0224. The lowest BCUT2D eigenvalue weighted by atomic mass is 9.70. The molecule has 1 aromatic rings. The first-order chi connectivity index (χ1) is 11.2. The fraction of sp³-hybridized carbons (Fsp3) is 0.500. The van der Waals surface area contributed by atoms with Crippen LogP contribution in [0.2, 0.25) is 0 Å². The third-order valence-electron chi connectivity index (χ3n) is 4.93. The van der Waals surface area contributed by atoms with Crippen LogP contribution in [0.1, 0.15) is 49.6 Å². The number of aromatic nitrogens is 2. The standard InChI is InChI=1S/C18H22N4O2/c1-9-14(10(2)22(5)21-9)15-11(8-19)17(20)24-13-7-18(3,4)6-12(23)16(13)15/h15H,6-7,20H2,1-5H3. The lowest BCUT2D eigenvalue weighted by Gasteiger charge is -2.37. The van der Waals surface area contributed by atoms with E-state index in [1.807, 2.05) is 34.7 Å². The zero-order valence-electron chi connectivity index (χ0n) is 14.7. The number of carbonyl (C=O) groups is 1. The molecule has 2 N–H and O–H groups in total. The summed E-state index contributed by atoms with van der Waals surface area (Å²) in [4.78, 5) is 12.9. The van der Waals surface area contributed by atoms with E-state index in [4.69, 9.17) is 10.5 Å². The second-order valence-electron chi connectivity index (χ2n) is 7.41. The molecule has 6 nitrogen and oxygen atoms in total. The van der Waals surface area contributed by atoms with Gasteiger partial charge in [-0.1, -0.05) is 13.8 Å². The maximum atomic E-state index is 12.9. The Bertz CT molecular complexity index is 849. The van der Waals surface area contributed by atoms with E-state index in [1.54, 1.807) is 4.68 Å². The molecule has 1 aliphatic carbocycles. The Morgan fingerprint density at radius 1 is 1.38 bits per heavy atom. The number of ketones is 1. The maximum Gasteiger partial charge on any atom is 0.205 e. The molecule has 0 saturated carbocycles. The fourth-order valence-corrected chi connectivity index (χ4v) is 3.78. The van der Waals surface area contributed by atoms with Crippen LogP contribution in [0.3, 0.4) is 0 Å². The van der Waals surface area contributed by atoms with Gasteiger partial charge in [0.2, 0.25) is 5.88 Å². The van der Waals surface area contributed by atoms with E-state index < -0.39 is 5.92 Å². The van der Waals surface area contributed by atoms with Crippen LogP contribution in [0.15, 0.2) is 22.8 Å². The highest BCUT2D eigenvalue weighted by Crippen LogP contribution is 2.48. The van der Waals surface area contributed by atoms with Crippen molar-refractivity contribution in [2.45, 2.75) is 46.5 Å². The summed E-state index contributed by atoms with van der Waals surface area (Å²) in [6.45, 7) is 7.90. The van der Waals surface area contributed by atoms with Crippen molar-refractivity contribution in [3.63, 3.8) is 0 Å². The van der Waals surface area contributed by atoms with Crippen LogP contribution in [0.25, 0.3) is 0 Å². The molecule has 126 valence electrons. The lowest BCUT2D eigenvalue weighted by Crippen LogP contribution is -2.33. The van der Waals surface area contributed by atoms with Crippen LogP contribution in [0, 0.1) is 30.6 Å². The molecule has 6 heteroatoms. The van der Waals surface area contributed by atoms with Gasteiger partial charge in [0.1, 0.15) is 17.4 Å². The molecule has 0 bridgehead atoms. The molecule has 2 heterocycles. The number of hydrogen-bond donors (Lipinski definition) is 1. The molecule has 24 heavy (non-hydrogen) atoms. The molecule has 2 aliphatic rings. The van der Waals surface area contributed by atoms with E-state index in [0.29, 0.717) is 29.7 Å². The molecule has 0 radical (unpaired) electrons. The first kappa shape index (κ1) is 16.3. The quantitative estimate of drug-likeness (QED) is 0.855. The Morgan fingerprint density at radius 3 is 2.58 bits per heavy atom. The summed E-state index contributed by atoms with van der Waals surface area (Å²) in [5.74, 6) is 0.222. The van der Waals surface area contributed by atoms with Gasteiger partial charge in [-0.15, -0.1) is 0 Å². The number of aryl methyl sites for hydroxylation is 2. The summed E-state index contributed by atoms with van der Waals surface area (Å²) in [6, 6.07) is 2.15. The molecule has 1 aromatic heterocycles. The normalized spacial score (nSPS) is 23.0. The smallest absolute Gasteiger partial charge is 0.205 e. The number of rotatable bonds is 1. The predicted octanol–water partition coefficient (Wildman–Crippen LogP) is 2.49. The fourth-order valence-electron chi connectivity index (χ4n) is 3.78. The number of hydrogen-bond acceptors (Lipinski definition) is 5. The monoisotopic (exact) mass is 326 g/mol. The van der Waals surface area contributed by atoms with Gasteiger partial charge in [0.15, 0.2) is 5.78 Å². The Hall–Kier alpha value is -2.55. The number of Topliss-reactive ketones (excluding diaryl/α,β-unsaturated/α-hetero) is 1. The van der Waals surface area contributed by atoms with Crippen molar-refractivity contribution in [3.8, 4) is 6.07 Å². The first-order valence-electron chi connectivity index (χ1n) is 8.00. The Balaban J connectivity index is 2.26. The lowest BCUT2D eigenvalue weighted by molar-refractivity contribution is -0.119. The minimum atomic E-state index is -0.490. The van der Waals surface area contributed by atoms with Gasteiger partial charge in [0.05, 0.1) is 11.6 Å². The molecule has 0 amide bonds. The molecule has 0 aromatic carbocycles. The van der Waals surface area contributed by atoms with E-state index in [2.05, 4.69) is 11.2 Å². The molecule has 3 rings (SSSR count). The molecule has 1 atom stereocenters. The summed E-state index contributed by atoms with van der Waals surface area (Å²) < 4.78 is 7.47. The SMILES string of the molecule is Cc1nn(C)c(C)c1C1C(C#N)=C(N)OC2=C1C(=O)CC(C)(C)C2. The second kappa shape index (κ2) is 5.23. The average molecular weight is 326 g/mol. The number of nitrogens with zero attached hydrogens (tertiary/aromatic N) is 3. The largest absolute Gasteiger partial charge is 0.444 e. The van der Waals surface area contributed by atoms with Gasteiger partial charge in [0.25, 0.3) is 0 Å². The van der Waals surface area contributed by atoms with E-state index >= 15 is 0 Å². The summed E-state index contributed by atoms with van der Waals surface area (Å²) in [5.41, 5.74) is 9.31. The maximum absolute atomic E-state index is 12.9. The van der Waals surface area contributed by atoms with Crippen molar-refractivity contribution < 1.29 is 9.53 Å². The van der Waals surface area contributed by atoms with Crippen LogP contribution < -0.4 is 5.73 Å².